The van der Waals surface area contributed by atoms with Crippen LogP contribution in [0.5, 0.6) is 0 Å². The molecule has 1 heterocycles. The minimum atomic E-state index is -0.480. The fraction of sp³-hybridized carbons (Fsp3) is 0.462. The molecular formula is C13H18N4O3. The molecule has 1 fully saturated rings. The van der Waals surface area contributed by atoms with Crippen LogP contribution >= 0.6 is 0 Å². The predicted molar refractivity (Wildman–Crippen MR) is 76.0 cm³/mol. The number of nitro benzene ring substituents is 1. The van der Waals surface area contributed by atoms with Crippen LogP contribution in [0.25, 0.3) is 0 Å². The topological polar surface area (TPSA) is 78.7 Å². The number of hydrogen-bond acceptors (Lipinski definition) is 5. The lowest BCUT2D eigenvalue weighted by Gasteiger charge is -2.32. The highest BCUT2D eigenvalue weighted by Gasteiger charge is 2.23. The summed E-state index contributed by atoms with van der Waals surface area (Å²) in [4.78, 5) is 26.8. The Morgan fingerprint density at radius 3 is 2.50 bits per heavy atom. The van der Waals surface area contributed by atoms with Crippen molar-refractivity contribution in [3.8, 4) is 0 Å². The normalized spacial score (nSPS) is 16.0. The van der Waals surface area contributed by atoms with Gasteiger partial charge in [0.2, 0.25) is 0 Å². The van der Waals surface area contributed by atoms with Gasteiger partial charge in [0, 0.05) is 44.9 Å². The van der Waals surface area contributed by atoms with E-state index < -0.39 is 4.92 Å². The second-order valence-corrected chi connectivity index (χ2v) is 4.83. The number of nitrogens with zero attached hydrogens (tertiary/aromatic N) is 3. The van der Waals surface area contributed by atoms with Crippen molar-refractivity contribution in [3.63, 3.8) is 0 Å². The first-order valence-electron chi connectivity index (χ1n) is 6.47. The molecule has 20 heavy (non-hydrogen) atoms. The average molecular weight is 278 g/mol. The van der Waals surface area contributed by atoms with E-state index in [2.05, 4.69) is 10.2 Å². The monoisotopic (exact) mass is 278 g/mol. The van der Waals surface area contributed by atoms with E-state index in [1.54, 1.807) is 24.1 Å². The van der Waals surface area contributed by atoms with Crippen molar-refractivity contribution in [1.29, 1.82) is 0 Å². The molecule has 2 rings (SSSR count). The number of hydrogen-bond donors (Lipinski definition) is 1. The van der Waals surface area contributed by atoms with Crippen LogP contribution in [0.2, 0.25) is 0 Å². The first-order chi connectivity index (χ1) is 9.52. The third-order valence-corrected chi connectivity index (χ3v) is 3.50. The van der Waals surface area contributed by atoms with Crippen molar-refractivity contribution < 1.29 is 9.72 Å². The standard InChI is InChI=1S/C13H18N4O3/c1-14-11-4-3-10(9-12(11)17(19)20)13(18)16-7-5-15(2)6-8-16/h3-4,9,14H,5-8H2,1-2H3. The molecule has 108 valence electrons. The molecule has 0 radical (unpaired) electrons. The molecule has 1 aliphatic rings. The van der Waals surface area contributed by atoms with Crippen molar-refractivity contribution in [2.24, 2.45) is 0 Å². The highest BCUT2D eigenvalue weighted by atomic mass is 16.6. The average Bonchev–Trinajstić information content (AvgIpc) is 2.46. The zero-order valence-electron chi connectivity index (χ0n) is 11.6. The number of benzene rings is 1. The van der Waals surface area contributed by atoms with Crippen molar-refractivity contribution in [1.82, 2.24) is 9.80 Å². The van der Waals surface area contributed by atoms with Gasteiger partial charge in [0.25, 0.3) is 11.6 Å². The van der Waals surface area contributed by atoms with Crippen LogP contribution < -0.4 is 5.32 Å². The Bertz CT molecular complexity index is 524. The molecule has 7 nitrogen and oxygen atoms in total. The maximum Gasteiger partial charge on any atom is 0.293 e. The number of likely N-dealkylation sites (N-methyl/N-ethyl adjacent to an activating group) is 1. The number of piperazine rings is 1. The van der Waals surface area contributed by atoms with Crippen molar-refractivity contribution >= 4 is 17.3 Å². The summed E-state index contributed by atoms with van der Waals surface area (Å²) in [6.45, 7) is 2.94. The first kappa shape index (κ1) is 14.3. The van der Waals surface area contributed by atoms with Gasteiger partial charge in [-0.2, -0.15) is 0 Å². The van der Waals surface area contributed by atoms with E-state index in [9.17, 15) is 14.9 Å². The fourth-order valence-electron chi connectivity index (χ4n) is 2.22. The van der Waals surface area contributed by atoms with Gasteiger partial charge in [0.15, 0.2) is 0 Å². The van der Waals surface area contributed by atoms with E-state index in [1.807, 2.05) is 7.05 Å². The first-order valence-corrected chi connectivity index (χ1v) is 6.47. The summed E-state index contributed by atoms with van der Waals surface area (Å²) in [5.74, 6) is -0.149. The molecule has 1 amide bonds. The van der Waals surface area contributed by atoms with Crippen LogP contribution in [0.3, 0.4) is 0 Å². The van der Waals surface area contributed by atoms with Crippen LogP contribution in [0.1, 0.15) is 10.4 Å². The number of nitro groups is 1. The van der Waals surface area contributed by atoms with Gasteiger partial charge in [0.05, 0.1) is 4.92 Å². The minimum absolute atomic E-state index is 0.0764. The molecule has 1 aromatic carbocycles. The van der Waals surface area contributed by atoms with Crippen LogP contribution in [0, 0.1) is 10.1 Å². The summed E-state index contributed by atoms with van der Waals surface area (Å²) >= 11 is 0. The maximum absolute atomic E-state index is 12.3. The summed E-state index contributed by atoms with van der Waals surface area (Å²) in [5.41, 5.74) is 0.692. The van der Waals surface area contributed by atoms with E-state index in [0.29, 0.717) is 24.3 Å². The molecule has 0 atom stereocenters. The molecule has 0 saturated carbocycles. The number of anilines is 1. The van der Waals surface area contributed by atoms with Crippen LogP contribution in [0.15, 0.2) is 18.2 Å². The van der Waals surface area contributed by atoms with Crippen molar-refractivity contribution in [2.45, 2.75) is 0 Å². The lowest BCUT2D eigenvalue weighted by molar-refractivity contribution is -0.384. The Morgan fingerprint density at radius 1 is 1.30 bits per heavy atom. The zero-order valence-corrected chi connectivity index (χ0v) is 11.6. The second-order valence-electron chi connectivity index (χ2n) is 4.83. The van der Waals surface area contributed by atoms with Gasteiger partial charge in [-0.15, -0.1) is 0 Å². The van der Waals surface area contributed by atoms with Crippen molar-refractivity contribution in [3.05, 3.63) is 33.9 Å². The SMILES string of the molecule is CNc1ccc(C(=O)N2CCN(C)CC2)cc1[N+](=O)[O-]. The molecule has 1 N–H and O–H groups in total. The van der Waals surface area contributed by atoms with Gasteiger partial charge in [-0.1, -0.05) is 0 Å². The molecule has 0 aromatic heterocycles. The molecule has 0 aliphatic carbocycles. The molecule has 1 aliphatic heterocycles. The third-order valence-electron chi connectivity index (χ3n) is 3.50. The number of carbonyl (C=O) groups is 1. The van der Waals surface area contributed by atoms with E-state index in [-0.39, 0.29) is 11.6 Å². The minimum Gasteiger partial charge on any atom is -0.383 e. The summed E-state index contributed by atoms with van der Waals surface area (Å²) in [6, 6.07) is 4.54. The Labute approximate surface area is 117 Å². The quantitative estimate of drug-likeness (QED) is 0.660. The van der Waals surface area contributed by atoms with Gasteiger partial charge in [-0.05, 0) is 19.2 Å². The zero-order chi connectivity index (χ0) is 14.7. The fourth-order valence-corrected chi connectivity index (χ4v) is 2.22. The smallest absolute Gasteiger partial charge is 0.293 e. The van der Waals surface area contributed by atoms with E-state index in [1.165, 1.54) is 6.07 Å². The van der Waals surface area contributed by atoms with Crippen molar-refractivity contribution in [2.75, 3.05) is 45.6 Å². The number of nitrogens with one attached hydrogen (secondary N) is 1. The Balaban J connectivity index is 2.22. The predicted octanol–water partition coefficient (Wildman–Crippen LogP) is 1.02. The highest BCUT2D eigenvalue weighted by Crippen LogP contribution is 2.25. The van der Waals surface area contributed by atoms with Gasteiger partial charge in [-0.3, -0.25) is 14.9 Å². The second kappa shape index (κ2) is 5.87. The summed E-state index contributed by atoms with van der Waals surface area (Å²) < 4.78 is 0. The third kappa shape index (κ3) is 2.88. The lowest BCUT2D eigenvalue weighted by Crippen LogP contribution is -2.47. The lowest BCUT2D eigenvalue weighted by atomic mass is 10.1. The van der Waals surface area contributed by atoms with Crippen LogP contribution in [0.4, 0.5) is 11.4 Å². The number of amides is 1. The highest BCUT2D eigenvalue weighted by molar-refractivity contribution is 5.95. The molecule has 1 aromatic rings. The number of rotatable bonds is 3. The van der Waals surface area contributed by atoms with Gasteiger partial charge in [-0.25, -0.2) is 0 Å². The molecule has 7 heteroatoms. The molecular weight excluding hydrogens is 260 g/mol. The molecule has 0 unspecified atom stereocenters. The van der Waals surface area contributed by atoms with E-state index in [4.69, 9.17) is 0 Å². The molecule has 1 saturated heterocycles. The van der Waals surface area contributed by atoms with Crippen LogP contribution in [-0.4, -0.2) is 60.9 Å². The van der Waals surface area contributed by atoms with Gasteiger partial charge < -0.3 is 15.1 Å². The molecule has 0 spiro atoms. The molecule has 0 bridgehead atoms. The van der Waals surface area contributed by atoms with E-state index in [0.717, 1.165) is 13.1 Å². The summed E-state index contributed by atoms with van der Waals surface area (Å²) in [7, 11) is 3.62. The van der Waals surface area contributed by atoms with Gasteiger partial charge >= 0.3 is 0 Å². The Hall–Kier alpha value is -2.15. The maximum atomic E-state index is 12.3. The van der Waals surface area contributed by atoms with E-state index >= 15 is 0 Å². The Kier molecular flexibility index (Phi) is 4.19. The largest absolute Gasteiger partial charge is 0.383 e. The number of carbonyl (C=O) groups excluding carboxylic acids is 1. The van der Waals surface area contributed by atoms with Gasteiger partial charge in [0.1, 0.15) is 5.69 Å². The Morgan fingerprint density at radius 2 is 1.95 bits per heavy atom. The summed E-state index contributed by atoms with van der Waals surface area (Å²) in [6.07, 6.45) is 0. The summed E-state index contributed by atoms with van der Waals surface area (Å²) in [5, 5.41) is 13.8. The van der Waals surface area contributed by atoms with Crippen LogP contribution in [-0.2, 0) is 0 Å².